The summed E-state index contributed by atoms with van der Waals surface area (Å²) in [6.45, 7) is 14.6. The number of carbonyl (C=O) groups is 1. The molecule has 0 saturated carbocycles. The molecule has 0 radical (unpaired) electrons. The molecular formula is C19H30N2O. The summed E-state index contributed by atoms with van der Waals surface area (Å²) >= 11 is 0. The highest BCUT2D eigenvalue weighted by Gasteiger charge is 2.50. The molecule has 0 bridgehead atoms. The Morgan fingerprint density at radius 1 is 1.18 bits per heavy atom. The molecule has 1 aliphatic heterocycles. The van der Waals surface area contributed by atoms with Crippen LogP contribution in [-0.4, -0.2) is 34.0 Å². The second-order valence-corrected chi connectivity index (χ2v) is 6.87. The summed E-state index contributed by atoms with van der Waals surface area (Å²) in [4.78, 5) is 17.0. The van der Waals surface area contributed by atoms with Crippen LogP contribution >= 0.6 is 0 Å². The zero-order valence-electron chi connectivity index (χ0n) is 14.9. The van der Waals surface area contributed by atoms with Crippen molar-refractivity contribution < 1.29 is 4.79 Å². The van der Waals surface area contributed by atoms with E-state index in [2.05, 4.69) is 64.6 Å². The highest BCUT2D eigenvalue weighted by molar-refractivity contribution is 5.79. The zero-order valence-corrected chi connectivity index (χ0v) is 14.9. The fourth-order valence-corrected chi connectivity index (χ4v) is 3.46. The van der Waals surface area contributed by atoms with Crippen LogP contribution in [0.1, 0.15) is 57.2 Å². The van der Waals surface area contributed by atoms with Crippen LogP contribution in [0.3, 0.4) is 0 Å². The van der Waals surface area contributed by atoms with Crippen molar-refractivity contribution in [2.75, 3.05) is 6.54 Å². The van der Waals surface area contributed by atoms with E-state index in [1.165, 1.54) is 16.7 Å². The minimum absolute atomic E-state index is 0.0627. The van der Waals surface area contributed by atoms with Gasteiger partial charge in [0.2, 0.25) is 0 Å². The van der Waals surface area contributed by atoms with Gasteiger partial charge in [0, 0.05) is 13.1 Å². The van der Waals surface area contributed by atoms with Crippen LogP contribution in [0.2, 0.25) is 0 Å². The monoisotopic (exact) mass is 302 g/mol. The molecule has 2 unspecified atom stereocenters. The summed E-state index contributed by atoms with van der Waals surface area (Å²) in [5, 5.41) is 0. The van der Waals surface area contributed by atoms with E-state index in [0.717, 1.165) is 19.4 Å². The van der Waals surface area contributed by atoms with E-state index in [-0.39, 0.29) is 17.6 Å². The number of nitrogens with zero attached hydrogens (tertiary/aromatic N) is 2. The molecule has 2 atom stereocenters. The van der Waals surface area contributed by atoms with Gasteiger partial charge in [-0.25, -0.2) is 4.79 Å². The van der Waals surface area contributed by atoms with Gasteiger partial charge in [-0.15, -0.1) is 0 Å². The number of amides is 2. The Morgan fingerprint density at radius 3 is 2.41 bits per heavy atom. The van der Waals surface area contributed by atoms with Gasteiger partial charge in [-0.05, 0) is 57.2 Å². The van der Waals surface area contributed by atoms with Crippen molar-refractivity contribution in [3.63, 3.8) is 0 Å². The van der Waals surface area contributed by atoms with Crippen LogP contribution in [0, 0.1) is 13.8 Å². The molecule has 3 nitrogen and oxygen atoms in total. The lowest BCUT2D eigenvalue weighted by Crippen LogP contribution is -2.48. The first-order chi connectivity index (χ1) is 10.3. The summed E-state index contributed by atoms with van der Waals surface area (Å²) in [6, 6.07) is 6.93. The number of carbonyl (C=O) groups excluding carboxylic acids is 1. The lowest BCUT2D eigenvalue weighted by Gasteiger charge is -2.36. The predicted molar refractivity (Wildman–Crippen MR) is 92.0 cm³/mol. The van der Waals surface area contributed by atoms with Crippen LogP contribution in [-0.2, 0) is 6.54 Å². The Hall–Kier alpha value is -1.51. The summed E-state index contributed by atoms with van der Waals surface area (Å²) in [5.41, 5.74) is 3.75. The van der Waals surface area contributed by atoms with E-state index in [4.69, 9.17) is 0 Å². The van der Waals surface area contributed by atoms with Gasteiger partial charge in [-0.1, -0.05) is 32.0 Å². The predicted octanol–water partition coefficient (Wildman–Crippen LogP) is 4.51. The molecule has 0 aliphatic carbocycles. The summed E-state index contributed by atoms with van der Waals surface area (Å²) in [5.74, 6) is 0. The molecule has 1 aromatic rings. The van der Waals surface area contributed by atoms with E-state index < -0.39 is 0 Å². The number of benzene rings is 1. The second-order valence-electron chi connectivity index (χ2n) is 6.87. The molecule has 3 heteroatoms. The van der Waals surface area contributed by atoms with Crippen molar-refractivity contribution in [3.8, 4) is 0 Å². The smallest absolute Gasteiger partial charge is 0.317 e. The van der Waals surface area contributed by atoms with Gasteiger partial charge in [0.25, 0.3) is 0 Å². The van der Waals surface area contributed by atoms with Gasteiger partial charge >= 0.3 is 6.03 Å². The van der Waals surface area contributed by atoms with Crippen molar-refractivity contribution in [2.24, 2.45) is 0 Å². The Bertz CT molecular complexity index is 554. The Morgan fingerprint density at radius 2 is 1.86 bits per heavy atom. The molecule has 1 fully saturated rings. The molecule has 1 heterocycles. The average Bonchev–Trinajstić information content (AvgIpc) is 2.67. The van der Waals surface area contributed by atoms with Crippen molar-refractivity contribution in [1.29, 1.82) is 0 Å². The molecule has 122 valence electrons. The largest absolute Gasteiger partial charge is 0.321 e. The zero-order chi connectivity index (χ0) is 16.5. The van der Waals surface area contributed by atoms with E-state index in [9.17, 15) is 4.79 Å². The maximum atomic E-state index is 12.9. The van der Waals surface area contributed by atoms with Crippen LogP contribution in [0.25, 0.3) is 0 Å². The quantitative estimate of drug-likeness (QED) is 0.785. The Labute approximate surface area is 135 Å². The Balaban J connectivity index is 2.27. The van der Waals surface area contributed by atoms with Crippen LogP contribution < -0.4 is 0 Å². The highest BCUT2D eigenvalue weighted by atomic mass is 16.2. The molecule has 1 aromatic carbocycles. The number of urea groups is 1. The normalized spacial score (nSPS) is 25.2. The molecule has 22 heavy (non-hydrogen) atoms. The molecule has 1 saturated heterocycles. The Kier molecular flexibility index (Phi) is 4.84. The fourth-order valence-electron chi connectivity index (χ4n) is 3.46. The molecule has 0 spiro atoms. The van der Waals surface area contributed by atoms with Crippen molar-refractivity contribution in [1.82, 2.24) is 9.80 Å². The van der Waals surface area contributed by atoms with Gasteiger partial charge in [-0.3, -0.25) is 0 Å². The van der Waals surface area contributed by atoms with Crippen LogP contribution in [0.5, 0.6) is 0 Å². The van der Waals surface area contributed by atoms with Gasteiger partial charge in [-0.2, -0.15) is 0 Å². The lowest BCUT2D eigenvalue weighted by molar-refractivity contribution is 0.148. The standard InChI is InChI=1S/C19H30N2O/c1-7-11-21-18(22)20(16(5)19(21,6)8-2)13-17-10-9-14(3)15(4)12-17/h9-10,12,16H,7-8,11,13H2,1-6H3. The van der Waals surface area contributed by atoms with Gasteiger partial charge in [0.05, 0.1) is 11.6 Å². The van der Waals surface area contributed by atoms with E-state index >= 15 is 0 Å². The molecule has 0 aromatic heterocycles. The minimum Gasteiger partial charge on any atom is -0.317 e. The summed E-state index contributed by atoms with van der Waals surface area (Å²) in [7, 11) is 0. The first kappa shape index (κ1) is 16.9. The number of hydrogen-bond donors (Lipinski definition) is 0. The van der Waals surface area contributed by atoms with Crippen molar-refractivity contribution >= 4 is 6.03 Å². The topological polar surface area (TPSA) is 23.6 Å². The van der Waals surface area contributed by atoms with Crippen molar-refractivity contribution in [2.45, 2.75) is 72.5 Å². The number of aryl methyl sites for hydroxylation is 2. The number of hydrogen-bond acceptors (Lipinski definition) is 1. The molecular weight excluding hydrogens is 272 g/mol. The summed E-state index contributed by atoms with van der Waals surface area (Å²) in [6.07, 6.45) is 1.99. The highest BCUT2D eigenvalue weighted by Crippen LogP contribution is 2.36. The van der Waals surface area contributed by atoms with Gasteiger partial charge in [0.1, 0.15) is 0 Å². The SMILES string of the molecule is CCCN1C(=O)N(Cc2ccc(C)c(C)c2)C(C)C1(C)CC. The van der Waals surface area contributed by atoms with Crippen LogP contribution in [0.4, 0.5) is 4.79 Å². The fraction of sp³-hybridized carbons (Fsp3) is 0.632. The molecule has 0 N–H and O–H groups in total. The average molecular weight is 302 g/mol. The maximum Gasteiger partial charge on any atom is 0.321 e. The third-order valence-electron chi connectivity index (χ3n) is 5.55. The maximum absolute atomic E-state index is 12.9. The summed E-state index contributed by atoms with van der Waals surface area (Å²) < 4.78 is 0. The first-order valence-corrected chi connectivity index (χ1v) is 8.49. The number of rotatable bonds is 5. The van der Waals surface area contributed by atoms with E-state index in [0.29, 0.717) is 6.54 Å². The third kappa shape index (κ3) is 2.73. The molecule has 2 amide bonds. The van der Waals surface area contributed by atoms with Gasteiger partial charge in [0.15, 0.2) is 0 Å². The molecule has 2 rings (SSSR count). The van der Waals surface area contributed by atoms with E-state index in [1.54, 1.807) is 0 Å². The van der Waals surface area contributed by atoms with Crippen molar-refractivity contribution in [3.05, 3.63) is 34.9 Å². The molecule has 1 aliphatic rings. The third-order valence-corrected chi connectivity index (χ3v) is 5.55. The van der Waals surface area contributed by atoms with Gasteiger partial charge < -0.3 is 9.80 Å². The minimum atomic E-state index is -0.0627. The first-order valence-electron chi connectivity index (χ1n) is 8.49. The lowest BCUT2D eigenvalue weighted by atomic mass is 9.90. The second kappa shape index (κ2) is 6.31. The van der Waals surface area contributed by atoms with E-state index in [1.807, 2.05) is 4.90 Å². The van der Waals surface area contributed by atoms with Crippen LogP contribution in [0.15, 0.2) is 18.2 Å².